The lowest BCUT2D eigenvalue weighted by Crippen LogP contribution is -2.29. The van der Waals surface area contributed by atoms with Gasteiger partial charge in [0.1, 0.15) is 11.5 Å². The van der Waals surface area contributed by atoms with Crippen molar-refractivity contribution in [1.82, 2.24) is 10.0 Å². The Morgan fingerprint density at radius 3 is 2.53 bits per heavy atom. The van der Waals surface area contributed by atoms with E-state index in [0.717, 1.165) is 11.3 Å². The highest BCUT2D eigenvalue weighted by atomic mass is 32.2. The summed E-state index contributed by atoms with van der Waals surface area (Å²) >= 11 is 0. The van der Waals surface area contributed by atoms with E-state index < -0.39 is 10.0 Å². The molecule has 2 N–H and O–H groups in total. The molecule has 1 rings (SSSR count). The Kier molecular flexibility index (Phi) is 6.07. The quantitative estimate of drug-likeness (QED) is 0.675. The summed E-state index contributed by atoms with van der Waals surface area (Å²) in [6.45, 7) is 0.907. The molecule has 0 heterocycles. The predicted molar refractivity (Wildman–Crippen MR) is 74.1 cm³/mol. The van der Waals surface area contributed by atoms with Gasteiger partial charge in [-0.1, -0.05) is 6.07 Å². The third-order valence-corrected chi connectivity index (χ3v) is 4.03. The molecule has 0 atom stereocenters. The first kappa shape index (κ1) is 15.7. The maximum absolute atomic E-state index is 11.2. The van der Waals surface area contributed by atoms with Crippen molar-refractivity contribution >= 4 is 10.0 Å². The van der Waals surface area contributed by atoms with Crippen molar-refractivity contribution in [2.75, 3.05) is 33.6 Å². The SMILES string of the molecule is CNS(=O)(=O)CCNCc1ccc(OC)cc1OC. The molecule has 0 fully saturated rings. The molecule has 0 unspecified atom stereocenters. The summed E-state index contributed by atoms with van der Waals surface area (Å²) in [5.41, 5.74) is 0.949. The molecule has 1 aromatic rings. The van der Waals surface area contributed by atoms with Crippen LogP contribution in [-0.2, 0) is 16.6 Å². The van der Waals surface area contributed by atoms with Crippen molar-refractivity contribution in [3.63, 3.8) is 0 Å². The number of nitrogens with one attached hydrogen (secondary N) is 2. The van der Waals surface area contributed by atoms with Gasteiger partial charge in [0.2, 0.25) is 10.0 Å². The van der Waals surface area contributed by atoms with E-state index in [0.29, 0.717) is 18.8 Å². The molecule has 0 aliphatic heterocycles. The molecule has 0 aromatic heterocycles. The van der Waals surface area contributed by atoms with Gasteiger partial charge in [0, 0.05) is 24.7 Å². The standard InChI is InChI=1S/C12H20N2O4S/c1-13-19(15,16)7-6-14-9-10-4-5-11(17-2)8-12(10)18-3/h4-5,8,13-14H,6-7,9H2,1-3H3. The maximum Gasteiger partial charge on any atom is 0.212 e. The van der Waals surface area contributed by atoms with Crippen LogP contribution >= 0.6 is 0 Å². The zero-order valence-corrected chi connectivity index (χ0v) is 12.2. The normalized spacial score (nSPS) is 11.3. The molecule has 0 bridgehead atoms. The fourth-order valence-electron chi connectivity index (χ4n) is 1.53. The Balaban J connectivity index is 2.54. The van der Waals surface area contributed by atoms with Crippen LogP contribution in [-0.4, -0.2) is 42.0 Å². The lowest BCUT2D eigenvalue weighted by Gasteiger charge is -2.11. The first-order valence-electron chi connectivity index (χ1n) is 5.85. The highest BCUT2D eigenvalue weighted by Crippen LogP contribution is 2.24. The molecular weight excluding hydrogens is 268 g/mol. The van der Waals surface area contributed by atoms with Gasteiger partial charge in [-0.3, -0.25) is 0 Å². The van der Waals surface area contributed by atoms with Crippen LogP contribution in [0.25, 0.3) is 0 Å². The van der Waals surface area contributed by atoms with Crippen LogP contribution in [0.4, 0.5) is 0 Å². The maximum atomic E-state index is 11.2. The topological polar surface area (TPSA) is 76.7 Å². The van der Waals surface area contributed by atoms with Crippen molar-refractivity contribution < 1.29 is 17.9 Å². The van der Waals surface area contributed by atoms with Crippen molar-refractivity contribution in [1.29, 1.82) is 0 Å². The minimum Gasteiger partial charge on any atom is -0.497 e. The van der Waals surface area contributed by atoms with E-state index >= 15 is 0 Å². The molecule has 1 aromatic carbocycles. The molecule has 19 heavy (non-hydrogen) atoms. The summed E-state index contributed by atoms with van der Waals surface area (Å²) < 4.78 is 35.1. The van der Waals surface area contributed by atoms with Crippen molar-refractivity contribution in [2.45, 2.75) is 6.54 Å². The zero-order chi connectivity index (χ0) is 14.3. The van der Waals surface area contributed by atoms with Crippen LogP contribution in [0.1, 0.15) is 5.56 Å². The summed E-state index contributed by atoms with van der Waals surface area (Å²) in [6, 6.07) is 5.52. The lowest BCUT2D eigenvalue weighted by molar-refractivity contribution is 0.390. The Morgan fingerprint density at radius 2 is 1.95 bits per heavy atom. The van der Waals surface area contributed by atoms with Gasteiger partial charge in [0.25, 0.3) is 0 Å². The fourth-order valence-corrected chi connectivity index (χ4v) is 2.15. The van der Waals surface area contributed by atoms with Crippen molar-refractivity contribution in [2.24, 2.45) is 0 Å². The Morgan fingerprint density at radius 1 is 1.21 bits per heavy atom. The third-order valence-electron chi connectivity index (χ3n) is 2.67. The van der Waals surface area contributed by atoms with Crippen LogP contribution in [0.15, 0.2) is 18.2 Å². The van der Waals surface area contributed by atoms with Crippen LogP contribution in [0, 0.1) is 0 Å². The van der Waals surface area contributed by atoms with Crippen LogP contribution < -0.4 is 19.5 Å². The highest BCUT2D eigenvalue weighted by molar-refractivity contribution is 7.89. The van der Waals surface area contributed by atoms with Crippen molar-refractivity contribution in [3.05, 3.63) is 23.8 Å². The molecule has 0 saturated heterocycles. The molecule has 0 aliphatic rings. The minimum atomic E-state index is -3.16. The van der Waals surface area contributed by atoms with E-state index in [-0.39, 0.29) is 5.75 Å². The summed E-state index contributed by atoms with van der Waals surface area (Å²) in [5.74, 6) is 1.48. The van der Waals surface area contributed by atoms with Crippen LogP contribution in [0.3, 0.4) is 0 Å². The highest BCUT2D eigenvalue weighted by Gasteiger charge is 2.07. The molecule has 6 nitrogen and oxygen atoms in total. The average molecular weight is 288 g/mol. The Bertz CT molecular complexity index is 502. The van der Waals surface area contributed by atoms with E-state index in [1.807, 2.05) is 12.1 Å². The van der Waals surface area contributed by atoms with Crippen LogP contribution in [0.5, 0.6) is 11.5 Å². The number of rotatable bonds is 8. The van der Waals surface area contributed by atoms with Gasteiger partial charge in [-0.15, -0.1) is 0 Å². The Hall–Kier alpha value is -1.31. The van der Waals surface area contributed by atoms with Crippen LogP contribution in [0.2, 0.25) is 0 Å². The smallest absolute Gasteiger partial charge is 0.212 e. The number of ether oxygens (including phenoxy) is 2. The van der Waals surface area contributed by atoms with Gasteiger partial charge in [0.15, 0.2) is 0 Å². The molecular formula is C12H20N2O4S. The molecule has 0 aliphatic carbocycles. The summed E-state index contributed by atoms with van der Waals surface area (Å²) in [5, 5.41) is 3.06. The van der Waals surface area contributed by atoms with Crippen molar-refractivity contribution in [3.8, 4) is 11.5 Å². The van der Waals surface area contributed by atoms with Gasteiger partial charge < -0.3 is 14.8 Å². The molecule has 0 radical (unpaired) electrons. The van der Waals surface area contributed by atoms with Gasteiger partial charge in [-0.25, -0.2) is 13.1 Å². The Labute approximate surface area is 114 Å². The molecule has 108 valence electrons. The summed E-state index contributed by atoms with van der Waals surface area (Å²) in [7, 11) is 1.42. The number of benzene rings is 1. The second-order valence-corrected chi connectivity index (χ2v) is 5.92. The van der Waals surface area contributed by atoms with E-state index in [1.165, 1.54) is 7.05 Å². The van der Waals surface area contributed by atoms with Gasteiger partial charge in [-0.05, 0) is 13.1 Å². The van der Waals surface area contributed by atoms with E-state index in [2.05, 4.69) is 10.0 Å². The van der Waals surface area contributed by atoms with E-state index in [9.17, 15) is 8.42 Å². The fraction of sp³-hybridized carbons (Fsp3) is 0.500. The van der Waals surface area contributed by atoms with Gasteiger partial charge >= 0.3 is 0 Å². The zero-order valence-electron chi connectivity index (χ0n) is 11.4. The number of sulfonamides is 1. The lowest BCUT2D eigenvalue weighted by atomic mass is 10.2. The average Bonchev–Trinajstić information content (AvgIpc) is 2.43. The third kappa shape index (κ3) is 5.06. The number of hydrogen-bond donors (Lipinski definition) is 2. The molecule has 0 amide bonds. The first-order chi connectivity index (χ1) is 9.02. The van der Waals surface area contributed by atoms with Gasteiger partial charge in [-0.2, -0.15) is 0 Å². The monoisotopic (exact) mass is 288 g/mol. The number of hydrogen-bond acceptors (Lipinski definition) is 5. The largest absolute Gasteiger partial charge is 0.497 e. The minimum absolute atomic E-state index is 0.0436. The van der Waals surface area contributed by atoms with E-state index in [4.69, 9.17) is 9.47 Å². The molecule has 0 spiro atoms. The predicted octanol–water partition coefficient (Wildman–Crippen LogP) is 0.343. The summed E-state index contributed by atoms with van der Waals surface area (Å²) in [6.07, 6.45) is 0. The van der Waals surface area contributed by atoms with E-state index in [1.54, 1.807) is 20.3 Å². The molecule has 0 saturated carbocycles. The second-order valence-electron chi connectivity index (χ2n) is 3.88. The molecule has 7 heteroatoms. The van der Waals surface area contributed by atoms with Gasteiger partial charge in [0.05, 0.1) is 20.0 Å². The number of methoxy groups -OCH3 is 2. The second kappa shape index (κ2) is 7.32. The first-order valence-corrected chi connectivity index (χ1v) is 7.50. The summed E-state index contributed by atoms with van der Waals surface area (Å²) in [4.78, 5) is 0.